The summed E-state index contributed by atoms with van der Waals surface area (Å²) in [5.41, 5.74) is 0.593. The second-order valence-corrected chi connectivity index (χ2v) is 5.84. The standard InChI is InChI=1S/C22H24N2O4/c1-5-12-23(13-6-2)22(26)18(24-14-8-7-9-21(24)25)15-17-10-11-19(27-3)20(16-17)28-4/h5-11,14-16H,1-2,12-13H2,3-4H3. The molecule has 0 unspecified atom stereocenters. The van der Waals surface area contributed by atoms with Crippen molar-refractivity contribution in [2.75, 3.05) is 27.3 Å². The highest BCUT2D eigenvalue weighted by atomic mass is 16.5. The maximum atomic E-state index is 13.2. The molecule has 0 aliphatic rings. The predicted octanol–water partition coefficient (Wildman–Crippen LogP) is 3.06. The lowest BCUT2D eigenvalue weighted by atomic mass is 10.1. The first-order chi connectivity index (χ1) is 13.5. The number of carbonyl (C=O) groups is 1. The van der Waals surface area contributed by atoms with Crippen molar-refractivity contribution in [1.29, 1.82) is 0 Å². The fraction of sp³-hybridized carbons (Fsp3) is 0.182. The van der Waals surface area contributed by atoms with Gasteiger partial charge in [-0.15, -0.1) is 13.2 Å². The molecular formula is C22H24N2O4. The van der Waals surface area contributed by atoms with E-state index in [1.54, 1.807) is 66.8 Å². The van der Waals surface area contributed by atoms with Crippen molar-refractivity contribution in [3.05, 3.63) is 83.8 Å². The summed E-state index contributed by atoms with van der Waals surface area (Å²) < 4.78 is 11.9. The molecule has 0 saturated carbocycles. The largest absolute Gasteiger partial charge is 0.493 e. The number of hydrogen-bond acceptors (Lipinski definition) is 4. The van der Waals surface area contributed by atoms with Gasteiger partial charge in [0.25, 0.3) is 11.5 Å². The van der Waals surface area contributed by atoms with Gasteiger partial charge in [0, 0.05) is 25.4 Å². The Bertz CT molecular complexity index is 934. The number of benzene rings is 1. The number of aromatic nitrogens is 1. The molecule has 2 rings (SSSR count). The molecule has 0 bridgehead atoms. The Hall–Kier alpha value is -3.54. The first kappa shape index (κ1) is 20.8. The first-order valence-electron chi connectivity index (χ1n) is 8.68. The lowest BCUT2D eigenvalue weighted by Crippen LogP contribution is -2.35. The molecule has 0 fully saturated rings. The van der Waals surface area contributed by atoms with Gasteiger partial charge in [-0.2, -0.15) is 0 Å². The second kappa shape index (κ2) is 9.97. The average Bonchev–Trinajstić information content (AvgIpc) is 2.71. The van der Waals surface area contributed by atoms with E-state index in [1.165, 1.54) is 17.7 Å². The number of nitrogens with zero attached hydrogens (tertiary/aromatic N) is 2. The van der Waals surface area contributed by atoms with Gasteiger partial charge >= 0.3 is 0 Å². The molecule has 6 heteroatoms. The summed E-state index contributed by atoms with van der Waals surface area (Å²) >= 11 is 0. The van der Waals surface area contributed by atoms with Crippen LogP contribution in [0.25, 0.3) is 11.8 Å². The van der Waals surface area contributed by atoms with E-state index < -0.39 is 0 Å². The summed E-state index contributed by atoms with van der Waals surface area (Å²) in [5.74, 6) is 0.782. The van der Waals surface area contributed by atoms with Crippen LogP contribution in [-0.4, -0.2) is 42.7 Å². The molecule has 0 aliphatic heterocycles. The van der Waals surface area contributed by atoms with Gasteiger partial charge in [0.1, 0.15) is 5.70 Å². The van der Waals surface area contributed by atoms with Crippen molar-refractivity contribution in [3.63, 3.8) is 0 Å². The maximum absolute atomic E-state index is 13.2. The molecule has 2 aromatic rings. The lowest BCUT2D eigenvalue weighted by molar-refractivity contribution is -0.124. The van der Waals surface area contributed by atoms with Gasteiger partial charge in [-0.25, -0.2) is 0 Å². The Balaban J connectivity index is 2.61. The molecule has 0 atom stereocenters. The van der Waals surface area contributed by atoms with E-state index in [1.807, 2.05) is 0 Å². The smallest absolute Gasteiger partial charge is 0.271 e. The predicted molar refractivity (Wildman–Crippen MR) is 111 cm³/mol. The quantitative estimate of drug-likeness (QED) is 0.496. The SMILES string of the molecule is C=CCN(CC=C)C(=O)C(=Cc1ccc(OC)c(OC)c1)n1ccccc1=O. The third kappa shape index (κ3) is 4.79. The van der Waals surface area contributed by atoms with Crippen molar-refractivity contribution in [2.24, 2.45) is 0 Å². The number of pyridine rings is 1. The average molecular weight is 380 g/mol. The zero-order valence-corrected chi connectivity index (χ0v) is 16.1. The summed E-state index contributed by atoms with van der Waals surface area (Å²) in [6.45, 7) is 8.05. The van der Waals surface area contributed by atoms with Crippen molar-refractivity contribution in [1.82, 2.24) is 9.47 Å². The Kier molecular flexibility index (Phi) is 7.39. The van der Waals surface area contributed by atoms with E-state index in [2.05, 4.69) is 13.2 Å². The fourth-order valence-electron chi connectivity index (χ4n) is 2.68. The number of carbonyl (C=O) groups excluding carboxylic acids is 1. The maximum Gasteiger partial charge on any atom is 0.271 e. The molecule has 0 radical (unpaired) electrons. The van der Waals surface area contributed by atoms with Crippen LogP contribution >= 0.6 is 0 Å². The van der Waals surface area contributed by atoms with E-state index >= 15 is 0 Å². The minimum atomic E-state index is -0.317. The van der Waals surface area contributed by atoms with Gasteiger partial charge in [0.05, 0.1) is 14.2 Å². The Labute approximate surface area is 164 Å². The van der Waals surface area contributed by atoms with Crippen LogP contribution < -0.4 is 15.0 Å². The molecule has 1 amide bonds. The first-order valence-corrected chi connectivity index (χ1v) is 8.68. The number of ether oxygens (including phenoxy) is 2. The number of amides is 1. The number of methoxy groups -OCH3 is 2. The van der Waals surface area contributed by atoms with Crippen LogP contribution in [-0.2, 0) is 4.79 Å². The van der Waals surface area contributed by atoms with Crippen LogP contribution in [0.3, 0.4) is 0 Å². The minimum Gasteiger partial charge on any atom is -0.493 e. The van der Waals surface area contributed by atoms with E-state index in [0.717, 1.165) is 0 Å². The summed E-state index contributed by atoms with van der Waals surface area (Å²) in [7, 11) is 3.09. The van der Waals surface area contributed by atoms with Gasteiger partial charge in [0.15, 0.2) is 11.5 Å². The van der Waals surface area contributed by atoms with Gasteiger partial charge in [-0.3, -0.25) is 14.2 Å². The normalized spacial score (nSPS) is 10.9. The van der Waals surface area contributed by atoms with E-state index in [0.29, 0.717) is 30.2 Å². The van der Waals surface area contributed by atoms with Gasteiger partial charge in [-0.05, 0) is 29.8 Å². The zero-order valence-electron chi connectivity index (χ0n) is 16.1. The molecule has 146 valence electrons. The van der Waals surface area contributed by atoms with E-state index in [9.17, 15) is 9.59 Å². The molecule has 6 nitrogen and oxygen atoms in total. The summed E-state index contributed by atoms with van der Waals surface area (Å²) in [6, 6.07) is 10.00. The van der Waals surface area contributed by atoms with Crippen LogP contribution in [0.15, 0.2) is 72.7 Å². The molecule has 28 heavy (non-hydrogen) atoms. The highest BCUT2D eigenvalue weighted by Gasteiger charge is 2.19. The molecule has 1 heterocycles. The van der Waals surface area contributed by atoms with Crippen LogP contribution in [0.4, 0.5) is 0 Å². The molecule has 1 aromatic heterocycles. The summed E-state index contributed by atoms with van der Waals surface area (Å²) in [6.07, 6.45) is 6.46. The van der Waals surface area contributed by atoms with Crippen molar-refractivity contribution < 1.29 is 14.3 Å². The summed E-state index contributed by atoms with van der Waals surface area (Å²) in [5, 5.41) is 0. The molecule has 0 aliphatic carbocycles. The lowest BCUT2D eigenvalue weighted by Gasteiger charge is -2.22. The van der Waals surface area contributed by atoms with E-state index in [4.69, 9.17) is 9.47 Å². The van der Waals surface area contributed by atoms with Crippen molar-refractivity contribution in [3.8, 4) is 11.5 Å². The number of rotatable bonds is 9. The number of hydrogen-bond donors (Lipinski definition) is 0. The van der Waals surface area contributed by atoms with Crippen molar-refractivity contribution in [2.45, 2.75) is 0 Å². The molecular weight excluding hydrogens is 356 g/mol. The van der Waals surface area contributed by atoms with Crippen molar-refractivity contribution >= 4 is 17.7 Å². The monoisotopic (exact) mass is 380 g/mol. The Morgan fingerprint density at radius 2 is 1.75 bits per heavy atom. The van der Waals surface area contributed by atoms with Gasteiger partial charge in [-0.1, -0.05) is 24.3 Å². The van der Waals surface area contributed by atoms with Crippen LogP contribution in [0.5, 0.6) is 11.5 Å². The Morgan fingerprint density at radius 3 is 2.32 bits per heavy atom. The topological polar surface area (TPSA) is 60.8 Å². The Morgan fingerprint density at radius 1 is 1.07 bits per heavy atom. The highest BCUT2D eigenvalue weighted by molar-refractivity contribution is 6.18. The molecule has 1 aromatic carbocycles. The molecule has 0 saturated heterocycles. The molecule has 0 N–H and O–H groups in total. The third-order valence-electron chi connectivity index (χ3n) is 4.00. The third-order valence-corrected chi connectivity index (χ3v) is 4.00. The minimum absolute atomic E-state index is 0.210. The van der Waals surface area contributed by atoms with Crippen LogP contribution in [0.1, 0.15) is 5.56 Å². The van der Waals surface area contributed by atoms with Gasteiger partial charge in [0.2, 0.25) is 0 Å². The zero-order chi connectivity index (χ0) is 20.5. The summed E-state index contributed by atoms with van der Waals surface area (Å²) in [4.78, 5) is 27.1. The van der Waals surface area contributed by atoms with Gasteiger partial charge < -0.3 is 14.4 Å². The van der Waals surface area contributed by atoms with Crippen LogP contribution in [0.2, 0.25) is 0 Å². The fourth-order valence-corrected chi connectivity index (χ4v) is 2.68. The molecule has 0 spiro atoms. The highest BCUT2D eigenvalue weighted by Crippen LogP contribution is 2.29. The second-order valence-electron chi connectivity index (χ2n) is 5.84. The van der Waals surface area contributed by atoms with E-state index in [-0.39, 0.29) is 17.2 Å². The van der Waals surface area contributed by atoms with Crippen LogP contribution in [0, 0.1) is 0 Å².